The van der Waals surface area contributed by atoms with Crippen LogP contribution in [0.4, 0.5) is 4.39 Å². The predicted octanol–water partition coefficient (Wildman–Crippen LogP) is 3.68. The number of benzene rings is 1. The molecule has 3 heteroatoms. The summed E-state index contributed by atoms with van der Waals surface area (Å²) in [6, 6.07) is 8.32. The average Bonchev–Trinajstić information content (AvgIpc) is 2.69. The van der Waals surface area contributed by atoms with Crippen LogP contribution in [0.15, 0.2) is 35.7 Å². The lowest BCUT2D eigenvalue weighted by molar-refractivity contribution is 0.102. The van der Waals surface area contributed by atoms with Crippen LogP contribution in [0.3, 0.4) is 0 Å². The molecular formula is C13H11FOS. The van der Waals surface area contributed by atoms with E-state index in [1.54, 1.807) is 19.1 Å². The lowest BCUT2D eigenvalue weighted by Gasteiger charge is -2.01. The summed E-state index contributed by atoms with van der Waals surface area (Å²) in [5.74, 6) is -0.145. The van der Waals surface area contributed by atoms with Crippen LogP contribution in [0.2, 0.25) is 0 Å². The molecule has 16 heavy (non-hydrogen) atoms. The van der Waals surface area contributed by atoms with Gasteiger partial charge in [0.2, 0.25) is 0 Å². The third-order valence-electron chi connectivity index (χ3n) is 2.37. The van der Waals surface area contributed by atoms with Gasteiger partial charge in [0, 0.05) is 0 Å². The molecule has 0 aliphatic heterocycles. The maximum Gasteiger partial charge on any atom is 0.170 e. The fraction of sp³-hybridized carbons (Fsp3) is 0.154. The van der Waals surface area contributed by atoms with Gasteiger partial charge in [0.1, 0.15) is 5.82 Å². The van der Waals surface area contributed by atoms with Gasteiger partial charge in [-0.15, -0.1) is 11.3 Å². The highest BCUT2D eigenvalue weighted by molar-refractivity contribution is 7.12. The van der Waals surface area contributed by atoms with Crippen molar-refractivity contribution < 1.29 is 9.18 Å². The second kappa shape index (κ2) is 4.58. The number of rotatable bonds is 3. The summed E-state index contributed by atoms with van der Waals surface area (Å²) in [6.07, 6.45) is 0.679. The van der Waals surface area contributed by atoms with Crippen molar-refractivity contribution in [1.82, 2.24) is 0 Å². The number of ketones is 1. The Bertz CT molecular complexity index is 499. The average molecular weight is 234 g/mol. The molecule has 0 fully saturated rings. The van der Waals surface area contributed by atoms with Gasteiger partial charge in [-0.1, -0.05) is 12.1 Å². The molecular weight excluding hydrogens is 223 g/mol. The van der Waals surface area contributed by atoms with Gasteiger partial charge in [0.05, 0.1) is 4.88 Å². The van der Waals surface area contributed by atoms with Crippen molar-refractivity contribution in [3.05, 3.63) is 57.5 Å². The molecule has 1 aromatic heterocycles. The van der Waals surface area contributed by atoms with Gasteiger partial charge in [-0.05, 0) is 48.1 Å². The molecule has 2 aromatic rings. The molecule has 0 saturated heterocycles. The van der Waals surface area contributed by atoms with Gasteiger partial charge in [-0.3, -0.25) is 4.79 Å². The lowest BCUT2D eigenvalue weighted by atomic mass is 10.0. The number of carbonyl (C=O) groups excluding carboxylic acids is 1. The number of hydrogen-bond acceptors (Lipinski definition) is 2. The summed E-state index contributed by atoms with van der Waals surface area (Å²) in [5, 5.41) is 1.91. The van der Waals surface area contributed by atoms with E-state index in [2.05, 4.69) is 0 Å². The lowest BCUT2D eigenvalue weighted by Crippen LogP contribution is -1.95. The van der Waals surface area contributed by atoms with E-state index < -0.39 is 0 Å². The maximum absolute atomic E-state index is 12.7. The number of carbonyl (C=O) groups is 1. The van der Waals surface area contributed by atoms with E-state index in [4.69, 9.17) is 0 Å². The van der Waals surface area contributed by atoms with E-state index in [0.717, 1.165) is 16.0 Å². The maximum atomic E-state index is 12.7. The zero-order chi connectivity index (χ0) is 11.5. The molecule has 0 N–H and O–H groups in total. The largest absolute Gasteiger partial charge is 0.294 e. The molecule has 0 aliphatic rings. The van der Waals surface area contributed by atoms with Gasteiger partial charge in [0.25, 0.3) is 0 Å². The fourth-order valence-electron chi connectivity index (χ4n) is 1.61. The molecule has 0 aliphatic carbocycles. The van der Waals surface area contributed by atoms with Crippen LogP contribution in [0.25, 0.3) is 0 Å². The Morgan fingerprint density at radius 1 is 1.25 bits per heavy atom. The minimum Gasteiger partial charge on any atom is -0.294 e. The highest BCUT2D eigenvalue weighted by Crippen LogP contribution is 2.20. The second-order valence-corrected chi connectivity index (χ2v) is 4.55. The van der Waals surface area contributed by atoms with E-state index in [9.17, 15) is 9.18 Å². The zero-order valence-corrected chi connectivity index (χ0v) is 9.68. The van der Waals surface area contributed by atoms with E-state index in [1.807, 2.05) is 11.4 Å². The van der Waals surface area contributed by atoms with Gasteiger partial charge in [0.15, 0.2) is 5.78 Å². The van der Waals surface area contributed by atoms with Crippen LogP contribution in [0.1, 0.15) is 27.7 Å². The van der Waals surface area contributed by atoms with Gasteiger partial charge in [-0.2, -0.15) is 0 Å². The van der Waals surface area contributed by atoms with Gasteiger partial charge < -0.3 is 0 Å². The monoisotopic (exact) mass is 234 g/mol. The molecule has 0 spiro atoms. The molecule has 82 valence electrons. The Morgan fingerprint density at radius 2 is 1.94 bits per heavy atom. The summed E-state index contributed by atoms with van der Waals surface area (Å²) in [7, 11) is 0. The first-order valence-electron chi connectivity index (χ1n) is 4.98. The summed E-state index contributed by atoms with van der Waals surface area (Å²) in [4.78, 5) is 12.1. The standard InChI is InChI=1S/C13H11FOS/c1-9(15)13-11(6-7-16-13)8-10-2-4-12(14)5-3-10/h2-7H,8H2,1H3. The molecule has 0 atom stereocenters. The van der Waals surface area contributed by atoms with Gasteiger partial charge in [-0.25, -0.2) is 4.39 Å². The Balaban J connectivity index is 2.23. The Labute approximate surface area is 97.6 Å². The van der Waals surface area contributed by atoms with E-state index >= 15 is 0 Å². The van der Waals surface area contributed by atoms with Crippen molar-refractivity contribution >= 4 is 17.1 Å². The summed E-state index contributed by atoms with van der Waals surface area (Å²) >= 11 is 1.46. The molecule has 0 radical (unpaired) electrons. The van der Waals surface area contributed by atoms with Crippen molar-refractivity contribution in [1.29, 1.82) is 0 Å². The van der Waals surface area contributed by atoms with E-state index in [1.165, 1.54) is 23.5 Å². The first kappa shape index (κ1) is 11.0. The van der Waals surface area contributed by atoms with Crippen molar-refractivity contribution in [2.24, 2.45) is 0 Å². The summed E-state index contributed by atoms with van der Waals surface area (Å²) < 4.78 is 12.7. The Morgan fingerprint density at radius 3 is 2.56 bits per heavy atom. The first-order chi connectivity index (χ1) is 7.66. The Hall–Kier alpha value is -1.48. The molecule has 1 heterocycles. The molecule has 1 aromatic carbocycles. The number of halogens is 1. The van der Waals surface area contributed by atoms with E-state index in [0.29, 0.717) is 6.42 Å². The van der Waals surface area contributed by atoms with Crippen LogP contribution >= 0.6 is 11.3 Å². The Kier molecular flexibility index (Phi) is 3.15. The van der Waals surface area contributed by atoms with Crippen LogP contribution in [0.5, 0.6) is 0 Å². The molecule has 1 nitrogen and oxygen atoms in total. The van der Waals surface area contributed by atoms with Gasteiger partial charge >= 0.3 is 0 Å². The quantitative estimate of drug-likeness (QED) is 0.740. The van der Waals surface area contributed by atoms with Crippen molar-refractivity contribution in [3.63, 3.8) is 0 Å². The molecule has 0 amide bonds. The number of Topliss-reactive ketones (excluding diaryl/α,β-unsaturated/α-hetero) is 1. The smallest absolute Gasteiger partial charge is 0.170 e. The third kappa shape index (κ3) is 2.36. The first-order valence-corrected chi connectivity index (χ1v) is 5.86. The SMILES string of the molecule is CC(=O)c1sccc1Cc1ccc(F)cc1. The second-order valence-electron chi connectivity index (χ2n) is 3.63. The molecule has 0 unspecified atom stereocenters. The fourth-order valence-corrected chi connectivity index (χ4v) is 2.43. The molecule has 2 rings (SSSR count). The van der Waals surface area contributed by atoms with E-state index in [-0.39, 0.29) is 11.6 Å². The molecule has 0 saturated carbocycles. The topological polar surface area (TPSA) is 17.1 Å². The van der Waals surface area contributed by atoms with Crippen LogP contribution in [0, 0.1) is 5.82 Å². The summed E-state index contributed by atoms with van der Waals surface area (Å²) in [6.45, 7) is 1.57. The van der Waals surface area contributed by atoms with Crippen molar-refractivity contribution in [3.8, 4) is 0 Å². The van der Waals surface area contributed by atoms with Crippen molar-refractivity contribution in [2.45, 2.75) is 13.3 Å². The zero-order valence-electron chi connectivity index (χ0n) is 8.87. The van der Waals surface area contributed by atoms with Crippen LogP contribution in [-0.4, -0.2) is 5.78 Å². The number of hydrogen-bond donors (Lipinski definition) is 0. The predicted molar refractivity (Wildman–Crippen MR) is 63.5 cm³/mol. The minimum atomic E-state index is -0.235. The number of thiophene rings is 1. The van der Waals surface area contributed by atoms with Crippen LogP contribution < -0.4 is 0 Å². The molecule has 0 bridgehead atoms. The highest BCUT2D eigenvalue weighted by atomic mass is 32.1. The van der Waals surface area contributed by atoms with Crippen molar-refractivity contribution in [2.75, 3.05) is 0 Å². The highest BCUT2D eigenvalue weighted by Gasteiger charge is 2.09. The summed E-state index contributed by atoms with van der Waals surface area (Å²) in [5.41, 5.74) is 2.03. The van der Waals surface area contributed by atoms with Crippen LogP contribution in [-0.2, 0) is 6.42 Å². The normalized spacial score (nSPS) is 10.4. The minimum absolute atomic E-state index is 0.0899. The third-order valence-corrected chi connectivity index (χ3v) is 3.43.